The molecular weight excluding hydrogens is 848 g/mol. The lowest BCUT2D eigenvalue weighted by Crippen LogP contribution is -2.50. The van der Waals surface area contributed by atoms with Crippen molar-refractivity contribution >= 4 is 57.7 Å². The van der Waals surface area contributed by atoms with Crippen LogP contribution < -0.4 is 30.9 Å². The number of rotatable bonds is 5. The van der Waals surface area contributed by atoms with Crippen molar-refractivity contribution in [3.8, 4) is 17.1 Å². The summed E-state index contributed by atoms with van der Waals surface area (Å²) in [6, 6.07) is 11.7. The molecule has 2 bridgehead atoms. The maximum absolute atomic E-state index is 15.5. The zero-order valence-corrected chi connectivity index (χ0v) is 37.5. The number of imidazole rings is 1. The summed E-state index contributed by atoms with van der Waals surface area (Å²) in [5.41, 5.74) is 5.83. The molecule has 0 radical (unpaired) electrons. The van der Waals surface area contributed by atoms with Gasteiger partial charge in [0, 0.05) is 84.1 Å². The number of hydrogen-bond acceptors (Lipinski definition) is 12. The molecule has 2 N–H and O–H groups in total. The number of ether oxygens (including phenoxy) is 1. The van der Waals surface area contributed by atoms with Gasteiger partial charge in [0.05, 0.1) is 52.6 Å². The second kappa shape index (κ2) is 17.2. The highest BCUT2D eigenvalue weighted by Gasteiger charge is 2.37. The number of aliphatic imine (C=N–C) groups is 1. The Morgan fingerprint density at radius 2 is 1.73 bits per heavy atom. The smallest absolute Gasteiger partial charge is 0.329 e. The van der Waals surface area contributed by atoms with Gasteiger partial charge in [-0.2, -0.15) is 10.1 Å². The first kappa shape index (κ1) is 43.0. The summed E-state index contributed by atoms with van der Waals surface area (Å²) in [5.74, 6) is -0.912. The third-order valence-electron chi connectivity index (χ3n) is 13.6. The number of benzene rings is 2. The summed E-state index contributed by atoms with van der Waals surface area (Å²) < 4.78 is 26.0. The summed E-state index contributed by atoms with van der Waals surface area (Å²) in [4.78, 5) is 83.8. The number of piperidine rings is 1. The van der Waals surface area contributed by atoms with Crippen molar-refractivity contribution in [2.75, 3.05) is 67.5 Å². The van der Waals surface area contributed by atoms with Gasteiger partial charge in [0.25, 0.3) is 5.91 Å². The molecule has 4 amide bonds. The van der Waals surface area contributed by atoms with E-state index in [2.05, 4.69) is 49.6 Å². The predicted octanol–water partition coefficient (Wildman–Crippen LogP) is 3.97. The number of nitrogens with one attached hydrogen (secondary N) is 2. The minimum atomic E-state index is -1.01. The van der Waals surface area contributed by atoms with E-state index >= 15 is 4.39 Å². The number of anilines is 3. The van der Waals surface area contributed by atoms with Crippen LogP contribution in [0.2, 0.25) is 0 Å². The molecule has 5 aliphatic heterocycles. The van der Waals surface area contributed by atoms with Crippen LogP contribution >= 0.6 is 0 Å². The van der Waals surface area contributed by atoms with Crippen LogP contribution in [0.1, 0.15) is 66.7 Å². The van der Waals surface area contributed by atoms with Gasteiger partial charge >= 0.3 is 5.69 Å². The summed E-state index contributed by atoms with van der Waals surface area (Å²) in [6.45, 7) is 9.41. The van der Waals surface area contributed by atoms with Gasteiger partial charge in [-0.15, -0.1) is 0 Å². The second-order valence-electron chi connectivity index (χ2n) is 18.3. The van der Waals surface area contributed by atoms with E-state index in [1.165, 1.54) is 10.6 Å². The monoisotopic (exact) mass is 900 g/mol. The van der Waals surface area contributed by atoms with E-state index in [1.807, 2.05) is 29.8 Å². The molecular formula is C47H53FN12O6. The largest absolute Gasteiger partial charge is 0.477 e. The third kappa shape index (κ3) is 7.87. The second-order valence-corrected chi connectivity index (χ2v) is 18.3. The van der Waals surface area contributed by atoms with Gasteiger partial charge in [0.1, 0.15) is 17.4 Å². The Labute approximate surface area is 380 Å². The van der Waals surface area contributed by atoms with E-state index in [9.17, 15) is 24.0 Å². The number of pyridine rings is 1. The van der Waals surface area contributed by atoms with Gasteiger partial charge in [-0.1, -0.05) is 13.0 Å². The van der Waals surface area contributed by atoms with E-state index in [-0.39, 0.29) is 42.0 Å². The van der Waals surface area contributed by atoms with Crippen molar-refractivity contribution < 1.29 is 28.3 Å². The number of aryl methyl sites for hydroxylation is 3. The average Bonchev–Trinajstić information content (AvgIpc) is 4.07. The number of piperazine rings is 1. The number of imide groups is 1. The van der Waals surface area contributed by atoms with Crippen LogP contribution in [0.25, 0.3) is 22.3 Å². The molecule has 3 fully saturated rings. The van der Waals surface area contributed by atoms with Gasteiger partial charge in [-0.05, 0) is 80.5 Å². The molecule has 1 unspecified atom stereocenters. The molecule has 5 aromatic rings. The topological polar surface area (TPSA) is 185 Å². The van der Waals surface area contributed by atoms with Crippen LogP contribution in [0.5, 0.6) is 5.88 Å². The van der Waals surface area contributed by atoms with Crippen LogP contribution in [-0.2, 0) is 35.0 Å². The Bertz CT molecular complexity index is 2890. The van der Waals surface area contributed by atoms with Gasteiger partial charge < -0.3 is 24.8 Å². The number of aromatic nitrogens is 5. The lowest BCUT2D eigenvalue weighted by Gasteiger charge is -2.36. The number of halogens is 1. The highest BCUT2D eigenvalue weighted by Crippen LogP contribution is 2.37. The first-order valence-electron chi connectivity index (χ1n) is 22.7. The fourth-order valence-corrected chi connectivity index (χ4v) is 10.2. The zero-order valence-electron chi connectivity index (χ0n) is 37.5. The van der Waals surface area contributed by atoms with Gasteiger partial charge in [-0.25, -0.2) is 13.9 Å². The van der Waals surface area contributed by atoms with Crippen LogP contribution in [-0.4, -0.2) is 116 Å². The van der Waals surface area contributed by atoms with Crippen LogP contribution in [0.3, 0.4) is 0 Å². The van der Waals surface area contributed by atoms with E-state index in [0.29, 0.717) is 105 Å². The fraction of sp³-hybridized carbons (Fsp3) is 0.447. The summed E-state index contributed by atoms with van der Waals surface area (Å²) in [6.07, 6.45) is 4.20. The minimum Gasteiger partial charge on any atom is -0.477 e. The standard InChI is InChI=1S/C47H53FN12O6/c1-27-6-5-19-66-45-32(23-49-55(45)4)35-22-31(20-28(2)50-35)42(62)53-46-51-34-9-7-29(21-38(34)59(46)24-27)25-56-15-17-57(18-16-56)44(64)30-13-14-58(26-30)36-10-8-33(48)40-41(36)54(3)47(65)60(40)37-11-12-39(61)52-43(37)63/h7-10,20-23,27,30,37H,5-6,11-19,24-26H2,1-4H3,(H,51,53,62)(H,52,61,63)/t27-,30-,37?/m1/s1. The van der Waals surface area contributed by atoms with Crippen LogP contribution in [0.15, 0.2) is 58.4 Å². The highest BCUT2D eigenvalue weighted by atomic mass is 19.1. The molecule has 2 aromatic carbocycles. The molecule has 10 rings (SSSR count). The first-order valence-corrected chi connectivity index (χ1v) is 22.7. The van der Waals surface area contributed by atoms with Crippen molar-refractivity contribution in [1.29, 1.82) is 0 Å². The maximum Gasteiger partial charge on any atom is 0.329 e. The highest BCUT2D eigenvalue weighted by molar-refractivity contribution is 6.19. The van der Waals surface area contributed by atoms with Gasteiger partial charge in [-0.3, -0.25) is 43.5 Å². The molecule has 8 heterocycles. The summed E-state index contributed by atoms with van der Waals surface area (Å²) in [5, 5.41) is 10.1. The molecule has 0 spiro atoms. The van der Waals surface area contributed by atoms with E-state index in [0.717, 1.165) is 39.9 Å². The Balaban J connectivity index is 0.806. The third-order valence-corrected chi connectivity index (χ3v) is 13.6. The molecule has 3 aromatic heterocycles. The molecule has 18 nitrogen and oxygen atoms in total. The number of carbonyl (C=O) groups is 4. The Kier molecular flexibility index (Phi) is 11.2. The quantitative estimate of drug-likeness (QED) is 0.243. The molecule has 0 saturated carbocycles. The Hall–Kier alpha value is -6.89. The summed E-state index contributed by atoms with van der Waals surface area (Å²) in [7, 11) is 3.38. The van der Waals surface area contributed by atoms with Crippen molar-refractivity contribution in [2.24, 2.45) is 30.9 Å². The average molecular weight is 901 g/mol. The normalized spacial score (nSPS) is 22.4. The van der Waals surface area contributed by atoms with Crippen molar-refractivity contribution in [3.05, 3.63) is 81.8 Å². The molecule has 66 heavy (non-hydrogen) atoms. The number of carbonyl (C=O) groups excluding carboxylic acids is 4. The minimum absolute atomic E-state index is 0.0160. The number of hydrogen-bond donors (Lipinski definition) is 2. The van der Waals surface area contributed by atoms with Crippen molar-refractivity contribution in [3.63, 3.8) is 0 Å². The Morgan fingerprint density at radius 1 is 0.909 bits per heavy atom. The van der Waals surface area contributed by atoms with E-state index in [4.69, 9.17) is 9.72 Å². The molecule has 3 atom stereocenters. The van der Waals surface area contributed by atoms with Gasteiger partial charge in [0.15, 0.2) is 0 Å². The number of nitrogens with zero attached hydrogens (tertiary/aromatic N) is 10. The zero-order chi connectivity index (χ0) is 46.0. The summed E-state index contributed by atoms with van der Waals surface area (Å²) >= 11 is 0. The lowest BCUT2D eigenvalue weighted by molar-refractivity contribution is -0.137. The van der Waals surface area contributed by atoms with Crippen LogP contribution in [0.4, 0.5) is 21.5 Å². The molecule has 5 aliphatic rings. The molecule has 3 saturated heterocycles. The predicted molar refractivity (Wildman–Crippen MR) is 245 cm³/mol. The van der Waals surface area contributed by atoms with E-state index in [1.54, 1.807) is 36.1 Å². The Morgan fingerprint density at radius 3 is 2.53 bits per heavy atom. The van der Waals surface area contributed by atoms with E-state index < -0.39 is 29.4 Å². The van der Waals surface area contributed by atoms with Crippen molar-refractivity contribution in [1.82, 2.24) is 39.0 Å². The van der Waals surface area contributed by atoms with Crippen molar-refractivity contribution in [2.45, 2.75) is 58.5 Å². The number of amides is 4. The molecule has 19 heteroatoms. The number of guanidine groups is 1. The SMILES string of the molecule is Cc1cc2cc(n1)-c1cnn(C)c1OCCC[C@@H](C)CN1/C(=N/C2=O)Nc2ccc(CN3CCN(C(=O)[C@@H]4CCN(c5ccc(F)c6c5n(C)c(=O)n6C5CCC(=O)NC5=O)C4)CC3)cc21. The van der Waals surface area contributed by atoms with Gasteiger partial charge in [0.2, 0.25) is 29.6 Å². The maximum atomic E-state index is 15.5. The molecule has 344 valence electrons. The lowest BCUT2D eigenvalue weighted by atomic mass is 10.0. The molecule has 0 aliphatic carbocycles. The first-order chi connectivity index (χ1) is 31.8. The fourth-order valence-electron chi connectivity index (χ4n) is 10.2. The van der Waals surface area contributed by atoms with Crippen LogP contribution in [0, 0.1) is 24.6 Å². The number of fused-ring (bicyclic) bond motifs is 8.